The minimum absolute atomic E-state index is 0.0676. The number of benzene rings is 4. The molecule has 194 valence electrons. The second-order valence-corrected chi connectivity index (χ2v) is 12.3. The Morgan fingerprint density at radius 1 is 0.737 bits per heavy atom. The standard InChI is InChI=1S/C30H28IN3O3S/c31-26-13-7-12-25(22-26)30(35)32-27-14-16-28(17-15-27)38(36,37)34-20-18-33(19-21-34)29(23-8-3-1-4-9-23)24-10-5-2-6-11-24/h1-17,22,29H,18-21H2,(H,32,35). The highest BCUT2D eigenvalue weighted by atomic mass is 127. The van der Waals surface area contributed by atoms with E-state index in [4.69, 9.17) is 0 Å². The first-order valence-corrected chi connectivity index (χ1v) is 14.9. The Morgan fingerprint density at radius 2 is 1.32 bits per heavy atom. The molecule has 1 amide bonds. The fourth-order valence-electron chi connectivity index (χ4n) is 4.78. The summed E-state index contributed by atoms with van der Waals surface area (Å²) in [4.78, 5) is 15.1. The van der Waals surface area contributed by atoms with Gasteiger partial charge in [-0.1, -0.05) is 66.7 Å². The fourth-order valence-corrected chi connectivity index (χ4v) is 6.74. The lowest BCUT2D eigenvalue weighted by atomic mass is 9.96. The highest BCUT2D eigenvalue weighted by molar-refractivity contribution is 14.1. The van der Waals surface area contributed by atoms with E-state index in [1.54, 1.807) is 40.7 Å². The summed E-state index contributed by atoms with van der Waals surface area (Å²) in [6.07, 6.45) is 0. The fraction of sp³-hybridized carbons (Fsp3) is 0.167. The van der Waals surface area contributed by atoms with Crippen molar-refractivity contribution in [3.05, 3.63) is 129 Å². The number of halogens is 1. The molecule has 6 nitrogen and oxygen atoms in total. The van der Waals surface area contributed by atoms with Crippen LogP contribution in [0.3, 0.4) is 0 Å². The highest BCUT2D eigenvalue weighted by Crippen LogP contribution is 2.30. The molecule has 1 fully saturated rings. The number of nitrogens with zero attached hydrogens (tertiary/aromatic N) is 2. The number of carbonyl (C=O) groups is 1. The van der Waals surface area contributed by atoms with Gasteiger partial charge < -0.3 is 5.32 Å². The van der Waals surface area contributed by atoms with Gasteiger partial charge in [-0.2, -0.15) is 4.31 Å². The molecule has 1 heterocycles. The van der Waals surface area contributed by atoms with Crippen molar-refractivity contribution in [3.63, 3.8) is 0 Å². The van der Waals surface area contributed by atoms with Crippen LogP contribution in [0.15, 0.2) is 114 Å². The Labute approximate surface area is 237 Å². The summed E-state index contributed by atoms with van der Waals surface area (Å²) >= 11 is 2.16. The number of nitrogens with one attached hydrogen (secondary N) is 1. The number of anilines is 1. The van der Waals surface area contributed by atoms with Gasteiger partial charge in [0, 0.05) is 41.0 Å². The van der Waals surface area contributed by atoms with E-state index in [1.807, 2.05) is 48.5 Å². The van der Waals surface area contributed by atoms with Crippen molar-refractivity contribution in [2.75, 3.05) is 31.5 Å². The van der Waals surface area contributed by atoms with Crippen molar-refractivity contribution >= 4 is 44.2 Å². The van der Waals surface area contributed by atoms with Crippen LogP contribution in [-0.4, -0.2) is 49.7 Å². The first kappa shape index (κ1) is 26.6. The van der Waals surface area contributed by atoms with Crippen LogP contribution >= 0.6 is 22.6 Å². The minimum Gasteiger partial charge on any atom is -0.322 e. The quantitative estimate of drug-likeness (QED) is 0.267. The van der Waals surface area contributed by atoms with Gasteiger partial charge in [0.25, 0.3) is 5.91 Å². The summed E-state index contributed by atoms with van der Waals surface area (Å²) in [5, 5.41) is 2.84. The summed E-state index contributed by atoms with van der Waals surface area (Å²) < 4.78 is 29.4. The van der Waals surface area contributed by atoms with Gasteiger partial charge in [0.05, 0.1) is 10.9 Å². The summed E-state index contributed by atoms with van der Waals surface area (Å²) in [5.41, 5.74) is 3.48. The third-order valence-corrected chi connectivity index (χ3v) is 9.29. The monoisotopic (exact) mass is 637 g/mol. The lowest BCUT2D eigenvalue weighted by Crippen LogP contribution is -2.49. The Balaban J connectivity index is 1.26. The summed E-state index contributed by atoms with van der Waals surface area (Å²) in [5.74, 6) is -0.235. The van der Waals surface area contributed by atoms with E-state index in [1.165, 1.54) is 11.1 Å². The summed E-state index contributed by atoms with van der Waals surface area (Å²) in [7, 11) is -3.65. The Hall–Kier alpha value is -3.05. The van der Waals surface area contributed by atoms with Crippen molar-refractivity contribution in [2.24, 2.45) is 0 Å². The second kappa shape index (κ2) is 11.8. The van der Waals surface area contributed by atoms with E-state index >= 15 is 0 Å². The molecule has 1 aliphatic heterocycles. The van der Waals surface area contributed by atoms with Gasteiger partial charge in [-0.25, -0.2) is 8.42 Å². The lowest BCUT2D eigenvalue weighted by molar-refractivity contribution is 0.102. The molecule has 5 rings (SSSR count). The van der Waals surface area contributed by atoms with Crippen LogP contribution in [0.25, 0.3) is 0 Å². The first-order chi connectivity index (χ1) is 18.4. The number of rotatable bonds is 7. The molecule has 4 aromatic rings. The molecule has 38 heavy (non-hydrogen) atoms. The summed E-state index contributed by atoms with van der Waals surface area (Å²) in [6, 6.07) is 34.4. The maximum Gasteiger partial charge on any atom is 0.255 e. The molecule has 0 aromatic heterocycles. The number of piperazine rings is 1. The van der Waals surface area contributed by atoms with Gasteiger partial charge >= 0.3 is 0 Å². The smallest absolute Gasteiger partial charge is 0.255 e. The van der Waals surface area contributed by atoms with Crippen LogP contribution in [-0.2, 0) is 10.0 Å². The molecule has 0 bridgehead atoms. The van der Waals surface area contributed by atoms with Crippen molar-refractivity contribution in [1.82, 2.24) is 9.21 Å². The number of sulfonamides is 1. The van der Waals surface area contributed by atoms with Crippen LogP contribution in [0.5, 0.6) is 0 Å². The Bertz CT molecular complexity index is 1450. The number of hydrogen-bond acceptors (Lipinski definition) is 4. The van der Waals surface area contributed by atoms with Crippen LogP contribution in [0.4, 0.5) is 5.69 Å². The molecule has 0 aliphatic carbocycles. The number of hydrogen-bond donors (Lipinski definition) is 1. The van der Waals surface area contributed by atoms with Crippen molar-refractivity contribution < 1.29 is 13.2 Å². The predicted molar refractivity (Wildman–Crippen MR) is 159 cm³/mol. The molecule has 4 aromatic carbocycles. The highest BCUT2D eigenvalue weighted by Gasteiger charge is 2.32. The van der Waals surface area contributed by atoms with Gasteiger partial charge in [0.2, 0.25) is 10.0 Å². The van der Waals surface area contributed by atoms with Crippen molar-refractivity contribution in [1.29, 1.82) is 0 Å². The van der Waals surface area contributed by atoms with Crippen LogP contribution in [0.2, 0.25) is 0 Å². The Kier molecular flexibility index (Phi) is 8.23. The van der Waals surface area contributed by atoms with E-state index in [2.05, 4.69) is 57.1 Å². The van der Waals surface area contributed by atoms with E-state index in [-0.39, 0.29) is 16.8 Å². The van der Waals surface area contributed by atoms with Gasteiger partial charge in [0.15, 0.2) is 0 Å². The zero-order chi connectivity index (χ0) is 26.5. The molecule has 1 aliphatic rings. The normalized spacial score (nSPS) is 14.9. The van der Waals surface area contributed by atoms with E-state index in [9.17, 15) is 13.2 Å². The van der Waals surface area contributed by atoms with E-state index in [0.29, 0.717) is 37.4 Å². The first-order valence-electron chi connectivity index (χ1n) is 12.4. The molecular formula is C30H28IN3O3S. The molecular weight excluding hydrogens is 609 g/mol. The third kappa shape index (κ3) is 5.99. The zero-order valence-electron chi connectivity index (χ0n) is 20.7. The molecule has 1 N–H and O–H groups in total. The average molecular weight is 638 g/mol. The molecule has 0 spiro atoms. The molecule has 1 saturated heterocycles. The van der Waals surface area contributed by atoms with Crippen molar-refractivity contribution in [2.45, 2.75) is 10.9 Å². The second-order valence-electron chi connectivity index (χ2n) is 9.15. The van der Waals surface area contributed by atoms with Gasteiger partial charge in [-0.15, -0.1) is 0 Å². The average Bonchev–Trinajstić information content (AvgIpc) is 2.95. The molecule has 8 heteroatoms. The minimum atomic E-state index is -3.65. The van der Waals surface area contributed by atoms with Crippen LogP contribution in [0, 0.1) is 3.57 Å². The maximum absolute atomic E-state index is 13.4. The van der Waals surface area contributed by atoms with Crippen LogP contribution in [0.1, 0.15) is 27.5 Å². The van der Waals surface area contributed by atoms with E-state index in [0.717, 1.165) is 3.57 Å². The Morgan fingerprint density at radius 3 is 1.87 bits per heavy atom. The van der Waals surface area contributed by atoms with Crippen molar-refractivity contribution in [3.8, 4) is 0 Å². The summed E-state index contributed by atoms with van der Waals surface area (Å²) in [6.45, 7) is 2.06. The third-order valence-electron chi connectivity index (χ3n) is 6.71. The maximum atomic E-state index is 13.4. The topological polar surface area (TPSA) is 69.7 Å². The predicted octanol–water partition coefficient (Wildman–Crippen LogP) is 5.64. The van der Waals surface area contributed by atoms with Crippen LogP contribution < -0.4 is 5.32 Å². The molecule has 0 unspecified atom stereocenters. The molecule has 0 atom stereocenters. The van der Waals surface area contributed by atoms with Gasteiger partial charge in [-0.05, 0) is 76.2 Å². The zero-order valence-corrected chi connectivity index (χ0v) is 23.7. The molecule has 0 radical (unpaired) electrons. The SMILES string of the molecule is O=C(Nc1ccc(S(=O)(=O)N2CCN(C(c3ccccc3)c3ccccc3)CC2)cc1)c1cccc(I)c1. The lowest BCUT2D eigenvalue weighted by Gasteiger charge is -2.39. The largest absolute Gasteiger partial charge is 0.322 e. The number of amides is 1. The van der Waals surface area contributed by atoms with E-state index < -0.39 is 10.0 Å². The van der Waals surface area contributed by atoms with Gasteiger partial charge in [0.1, 0.15) is 0 Å². The number of carbonyl (C=O) groups excluding carboxylic acids is 1. The van der Waals surface area contributed by atoms with Gasteiger partial charge in [-0.3, -0.25) is 9.69 Å². The molecule has 0 saturated carbocycles.